The van der Waals surface area contributed by atoms with E-state index in [4.69, 9.17) is 5.41 Å². The van der Waals surface area contributed by atoms with Crippen LogP contribution in [0.25, 0.3) is 0 Å². The number of nitrogens with one attached hydrogen (secondary N) is 1. The van der Waals surface area contributed by atoms with Crippen molar-refractivity contribution in [1.29, 1.82) is 5.41 Å². The number of aryl methyl sites for hydroxylation is 1. The average Bonchev–Trinajstić information content (AvgIpc) is 2.54. The Morgan fingerprint density at radius 1 is 0.955 bits per heavy atom. The van der Waals surface area contributed by atoms with Gasteiger partial charge >= 0.3 is 0 Å². The molecule has 0 amide bonds. The molecule has 3 N–H and O–H groups in total. The molecule has 22 heavy (non-hydrogen) atoms. The molecule has 0 fully saturated rings. The van der Waals surface area contributed by atoms with Crippen molar-refractivity contribution in [3.63, 3.8) is 0 Å². The predicted octanol–water partition coefficient (Wildman–Crippen LogP) is 4.42. The van der Waals surface area contributed by atoms with Gasteiger partial charge in [0, 0.05) is 16.7 Å². The summed E-state index contributed by atoms with van der Waals surface area (Å²) in [6.07, 6.45) is 3.07. The lowest BCUT2D eigenvalue weighted by molar-refractivity contribution is 0.432. The minimum atomic E-state index is 0.0352. The topological polar surface area (TPSA) is 64.3 Å². The second kappa shape index (κ2) is 7.12. The Hall–Kier alpha value is -2.29. The van der Waals surface area contributed by atoms with E-state index in [1.54, 1.807) is 6.07 Å². The lowest BCUT2D eigenvalue weighted by Gasteiger charge is -2.16. The Labute approximate surface area is 131 Å². The first-order chi connectivity index (χ1) is 10.6. The van der Waals surface area contributed by atoms with E-state index in [1.807, 2.05) is 44.2 Å². The molecule has 0 atom stereocenters. The molecule has 2 rings (SSSR count). The van der Waals surface area contributed by atoms with Crippen molar-refractivity contribution in [3.05, 3.63) is 58.7 Å². The van der Waals surface area contributed by atoms with Crippen LogP contribution in [-0.2, 0) is 12.8 Å². The molecule has 2 aromatic rings. The van der Waals surface area contributed by atoms with E-state index in [1.165, 1.54) is 0 Å². The van der Waals surface area contributed by atoms with E-state index in [0.29, 0.717) is 17.5 Å². The molecule has 0 aliphatic carbocycles. The molecule has 0 aromatic heterocycles. The fourth-order valence-corrected chi connectivity index (χ4v) is 2.68. The van der Waals surface area contributed by atoms with Crippen LogP contribution in [0.1, 0.15) is 48.9 Å². The number of hydrogen-bond donors (Lipinski definition) is 3. The molecule has 0 saturated heterocycles. The van der Waals surface area contributed by atoms with Crippen LogP contribution in [0.5, 0.6) is 11.5 Å². The van der Waals surface area contributed by atoms with E-state index in [2.05, 4.69) is 0 Å². The van der Waals surface area contributed by atoms with E-state index in [0.717, 1.165) is 30.4 Å². The molecule has 0 radical (unpaired) electrons. The molecular weight excluding hydrogens is 274 g/mol. The fraction of sp³-hybridized carbons (Fsp3) is 0.316. The highest BCUT2D eigenvalue weighted by atomic mass is 16.3. The van der Waals surface area contributed by atoms with Gasteiger partial charge in [-0.1, -0.05) is 57.0 Å². The first kappa shape index (κ1) is 16.1. The normalized spacial score (nSPS) is 10.6. The first-order valence-electron chi connectivity index (χ1n) is 7.81. The summed E-state index contributed by atoms with van der Waals surface area (Å²) >= 11 is 0. The highest BCUT2D eigenvalue weighted by Crippen LogP contribution is 2.36. The van der Waals surface area contributed by atoms with Crippen molar-refractivity contribution >= 4 is 5.71 Å². The van der Waals surface area contributed by atoms with Crippen molar-refractivity contribution in [2.75, 3.05) is 0 Å². The maximum absolute atomic E-state index is 10.5. The monoisotopic (exact) mass is 297 g/mol. The second-order valence-electron chi connectivity index (χ2n) is 5.50. The van der Waals surface area contributed by atoms with Gasteiger partial charge in [-0.3, -0.25) is 5.41 Å². The third kappa shape index (κ3) is 3.14. The third-order valence-electron chi connectivity index (χ3n) is 3.80. The molecule has 0 aliphatic rings. The molecule has 3 nitrogen and oxygen atoms in total. The predicted molar refractivity (Wildman–Crippen MR) is 90.1 cm³/mol. The summed E-state index contributed by atoms with van der Waals surface area (Å²) in [5.74, 6) is 0.221. The third-order valence-corrected chi connectivity index (χ3v) is 3.80. The van der Waals surface area contributed by atoms with Crippen molar-refractivity contribution in [3.8, 4) is 11.5 Å². The Bertz CT molecular complexity index is 663. The summed E-state index contributed by atoms with van der Waals surface area (Å²) in [6.45, 7) is 4.06. The molecule has 0 heterocycles. The Morgan fingerprint density at radius 3 is 2.18 bits per heavy atom. The summed E-state index contributed by atoms with van der Waals surface area (Å²) in [6, 6.07) is 11.1. The quantitative estimate of drug-likeness (QED) is 0.691. The van der Waals surface area contributed by atoms with Gasteiger partial charge in [0.2, 0.25) is 0 Å². The Morgan fingerprint density at radius 2 is 1.59 bits per heavy atom. The van der Waals surface area contributed by atoms with E-state index in [-0.39, 0.29) is 17.2 Å². The number of rotatable bonds is 6. The highest BCUT2D eigenvalue weighted by Gasteiger charge is 2.19. The van der Waals surface area contributed by atoms with Crippen molar-refractivity contribution in [1.82, 2.24) is 0 Å². The average molecular weight is 297 g/mol. The maximum atomic E-state index is 10.5. The van der Waals surface area contributed by atoms with E-state index in [9.17, 15) is 10.2 Å². The van der Waals surface area contributed by atoms with Crippen LogP contribution >= 0.6 is 0 Å². The number of aromatic hydroxyl groups is 2. The lowest BCUT2D eigenvalue weighted by Crippen LogP contribution is -2.05. The number of phenolic OH excluding ortho intramolecular Hbond substituents is 2. The van der Waals surface area contributed by atoms with Gasteiger partial charge in [-0.25, -0.2) is 0 Å². The smallest absolute Gasteiger partial charge is 0.131 e. The number of phenols is 2. The van der Waals surface area contributed by atoms with Crippen molar-refractivity contribution < 1.29 is 10.2 Å². The minimum Gasteiger partial charge on any atom is -0.507 e. The zero-order valence-corrected chi connectivity index (χ0v) is 13.2. The minimum absolute atomic E-state index is 0.0352. The second-order valence-corrected chi connectivity index (χ2v) is 5.50. The number of benzene rings is 2. The fourth-order valence-electron chi connectivity index (χ4n) is 2.68. The Balaban J connectivity index is 2.57. The van der Waals surface area contributed by atoms with Crippen molar-refractivity contribution in [2.45, 2.75) is 39.5 Å². The van der Waals surface area contributed by atoms with Crippen LogP contribution in [0.4, 0.5) is 0 Å². The summed E-state index contributed by atoms with van der Waals surface area (Å²) < 4.78 is 0. The highest BCUT2D eigenvalue weighted by molar-refractivity contribution is 6.12. The van der Waals surface area contributed by atoms with E-state index < -0.39 is 0 Å². The molecule has 0 aliphatic heterocycles. The zero-order chi connectivity index (χ0) is 16.1. The van der Waals surface area contributed by atoms with Gasteiger partial charge in [-0.2, -0.15) is 0 Å². The van der Waals surface area contributed by atoms with Crippen molar-refractivity contribution in [2.24, 2.45) is 0 Å². The lowest BCUT2D eigenvalue weighted by atomic mass is 9.92. The summed E-state index contributed by atoms with van der Waals surface area (Å²) in [7, 11) is 0. The van der Waals surface area contributed by atoms with Gasteiger partial charge in [0.05, 0.1) is 5.71 Å². The summed E-state index contributed by atoms with van der Waals surface area (Å²) in [5.41, 5.74) is 2.90. The zero-order valence-electron chi connectivity index (χ0n) is 13.2. The molecule has 0 unspecified atom stereocenters. The van der Waals surface area contributed by atoms with Crippen LogP contribution in [0, 0.1) is 5.41 Å². The van der Waals surface area contributed by atoms with Crippen LogP contribution in [-0.4, -0.2) is 15.9 Å². The van der Waals surface area contributed by atoms with Crippen LogP contribution in [0.3, 0.4) is 0 Å². The van der Waals surface area contributed by atoms with Gasteiger partial charge in [0.1, 0.15) is 11.5 Å². The summed E-state index contributed by atoms with van der Waals surface area (Å²) in [4.78, 5) is 0. The van der Waals surface area contributed by atoms with Gasteiger partial charge in [-0.15, -0.1) is 0 Å². The summed E-state index contributed by atoms with van der Waals surface area (Å²) in [5, 5.41) is 29.3. The molecule has 0 bridgehead atoms. The maximum Gasteiger partial charge on any atom is 0.131 e. The van der Waals surface area contributed by atoms with Crippen LogP contribution in [0.15, 0.2) is 36.4 Å². The van der Waals surface area contributed by atoms with Crippen LogP contribution < -0.4 is 0 Å². The van der Waals surface area contributed by atoms with Gasteiger partial charge < -0.3 is 10.2 Å². The molecule has 116 valence electrons. The Kier molecular flexibility index (Phi) is 5.21. The molecule has 0 spiro atoms. The first-order valence-corrected chi connectivity index (χ1v) is 7.81. The van der Waals surface area contributed by atoms with Gasteiger partial charge in [0.15, 0.2) is 0 Å². The molecule has 2 aromatic carbocycles. The SMILES string of the molecule is CCCc1cc(C(=N)c2ccccc2)c(O)c(CCC)c1O. The molecular formula is C19H23NO2. The largest absolute Gasteiger partial charge is 0.507 e. The van der Waals surface area contributed by atoms with Crippen LogP contribution in [0.2, 0.25) is 0 Å². The van der Waals surface area contributed by atoms with E-state index >= 15 is 0 Å². The molecule has 3 heteroatoms. The number of hydrogen-bond acceptors (Lipinski definition) is 3. The standard InChI is InChI=1S/C19H23NO2/c1-3-8-14-12-16(17(20)13-10-6-5-7-11-13)19(22)15(9-4-2)18(14)21/h5-7,10-12,20-22H,3-4,8-9H2,1-2H3. The van der Waals surface area contributed by atoms with Gasteiger partial charge in [0.25, 0.3) is 0 Å². The molecule has 0 saturated carbocycles. The van der Waals surface area contributed by atoms with Gasteiger partial charge in [-0.05, 0) is 24.5 Å².